The Kier molecular flexibility index (Phi) is 6.07. The summed E-state index contributed by atoms with van der Waals surface area (Å²) in [7, 11) is 0. The van der Waals surface area contributed by atoms with E-state index in [1.807, 2.05) is 66.1 Å². The molecule has 30 heavy (non-hydrogen) atoms. The highest BCUT2D eigenvalue weighted by molar-refractivity contribution is 7.13. The average Bonchev–Trinajstić information content (AvgIpc) is 3.30. The molecule has 0 saturated carbocycles. The molecule has 2 aromatic carbocycles. The summed E-state index contributed by atoms with van der Waals surface area (Å²) in [5.74, 6) is 0.703. The zero-order valence-corrected chi connectivity index (χ0v) is 17.2. The van der Waals surface area contributed by atoms with Crippen molar-refractivity contribution in [1.29, 1.82) is 0 Å². The number of aliphatic hydroxyl groups is 1. The molecule has 0 aliphatic rings. The lowest BCUT2D eigenvalue weighted by Crippen LogP contribution is -2.32. The topological polar surface area (TPSA) is 64.3 Å². The van der Waals surface area contributed by atoms with Gasteiger partial charge in [0.25, 0.3) is 5.56 Å². The van der Waals surface area contributed by atoms with Crippen LogP contribution in [-0.4, -0.2) is 27.6 Å². The zero-order valence-electron chi connectivity index (χ0n) is 16.4. The lowest BCUT2D eigenvalue weighted by Gasteiger charge is -2.16. The Morgan fingerprint density at radius 2 is 1.87 bits per heavy atom. The molecule has 0 saturated heterocycles. The van der Waals surface area contributed by atoms with Gasteiger partial charge < -0.3 is 9.84 Å². The lowest BCUT2D eigenvalue weighted by atomic mass is 10.1. The van der Waals surface area contributed by atoms with E-state index in [0.29, 0.717) is 17.6 Å². The minimum Gasteiger partial charge on any atom is -0.491 e. The number of benzene rings is 2. The van der Waals surface area contributed by atoms with E-state index in [2.05, 4.69) is 11.7 Å². The van der Waals surface area contributed by atoms with Crippen LogP contribution in [0.2, 0.25) is 0 Å². The van der Waals surface area contributed by atoms with Crippen LogP contribution in [0.25, 0.3) is 21.3 Å². The number of hydrogen-bond donors (Lipinski definition) is 1. The number of aromatic nitrogens is 2. The molecule has 4 rings (SSSR count). The highest BCUT2D eigenvalue weighted by Gasteiger charge is 2.16. The molecule has 1 N–H and O–H groups in total. The van der Waals surface area contributed by atoms with Crippen molar-refractivity contribution < 1.29 is 9.84 Å². The van der Waals surface area contributed by atoms with Crippen molar-refractivity contribution in [3.05, 3.63) is 94.6 Å². The number of hydrogen-bond acceptors (Lipinski definition) is 5. The van der Waals surface area contributed by atoms with Crippen molar-refractivity contribution in [3.63, 3.8) is 0 Å². The zero-order chi connectivity index (χ0) is 20.9. The van der Waals surface area contributed by atoms with Crippen LogP contribution in [0, 0.1) is 0 Å². The average molecular weight is 419 g/mol. The van der Waals surface area contributed by atoms with Crippen LogP contribution in [0.5, 0.6) is 5.75 Å². The van der Waals surface area contributed by atoms with E-state index in [9.17, 15) is 9.90 Å². The molecule has 0 radical (unpaired) electrons. The molecule has 1 unspecified atom stereocenters. The largest absolute Gasteiger partial charge is 0.491 e. The van der Waals surface area contributed by atoms with Gasteiger partial charge in [-0.1, -0.05) is 48.5 Å². The van der Waals surface area contributed by atoms with Crippen molar-refractivity contribution >= 4 is 22.1 Å². The van der Waals surface area contributed by atoms with Crippen molar-refractivity contribution in [1.82, 2.24) is 9.78 Å². The van der Waals surface area contributed by atoms with E-state index in [4.69, 9.17) is 4.74 Å². The fourth-order valence-electron chi connectivity index (χ4n) is 3.36. The number of nitrogens with zero attached hydrogens (tertiary/aromatic N) is 2. The molecule has 0 spiro atoms. The number of ether oxygens (including phenoxy) is 1. The van der Waals surface area contributed by atoms with Crippen molar-refractivity contribution in [2.45, 2.75) is 19.1 Å². The first-order chi connectivity index (χ1) is 14.7. The van der Waals surface area contributed by atoms with E-state index in [0.717, 1.165) is 21.5 Å². The molecule has 0 amide bonds. The maximum atomic E-state index is 12.9. The van der Waals surface area contributed by atoms with E-state index in [-0.39, 0.29) is 18.7 Å². The van der Waals surface area contributed by atoms with Crippen molar-refractivity contribution in [2.24, 2.45) is 0 Å². The Morgan fingerprint density at radius 1 is 1.10 bits per heavy atom. The minimum atomic E-state index is -0.885. The predicted molar refractivity (Wildman–Crippen MR) is 121 cm³/mol. The van der Waals surface area contributed by atoms with Gasteiger partial charge in [-0.25, -0.2) is 4.68 Å². The lowest BCUT2D eigenvalue weighted by molar-refractivity contribution is 0.0878. The predicted octanol–water partition coefficient (Wildman–Crippen LogP) is 4.29. The summed E-state index contributed by atoms with van der Waals surface area (Å²) in [6, 6.07) is 19.0. The van der Waals surface area contributed by atoms with Gasteiger partial charge in [-0.15, -0.1) is 17.9 Å². The maximum absolute atomic E-state index is 12.9. The standard InChI is InChI=1S/C24H22N2O3S/c1-2-8-17-9-3-6-12-21(17)29-16-18(27)15-26-24(28)20-11-5-4-10-19(20)23(25-26)22-13-7-14-30-22/h2-7,9-14,18,27H,1,8,15-16H2. The fraction of sp³-hybridized carbons (Fsp3) is 0.167. The fourth-order valence-corrected chi connectivity index (χ4v) is 4.08. The van der Waals surface area contributed by atoms with Crippen LogP contribution < -0.4 is 10.3 Å². The van der Waals surface area contributed by atoms with Gasteiger partial charge in [0.05, 0.1) is 16.8 Å². The Morgan fingerprint density at radius 3 is 2.63 bits per heavy atom. The van der Waals surface area contributed by atoms with Crippen molar-refractivity contribution in [3.8, 4) is 16.3 Å². The van der Waals surface area contributed by atoms with Gasteiger partial charge >= 0.3 is 0 Å². The van der Waals surface area contributed by atoms with Crippen molar-refractivity contribution in [2.75, 3.05) is 6.61 Å². The molecular formula is C24H22N2O3S. The summed E-state index contributed by atoms with van der Waals surface area (Å²) >= 11 is 1.56. The Hall–Kier alpha value is -3.22. The van der Waals surface area contributed by atoms with Crippen LogP contribution in [0.1, 0.15) is 5.56 Å². The molecule has 0 fully saturated rings. The molecular weight excluding hydrogens is 396 g/mol. The molecule has 1 atom stereocenters. The highest BCUT2D eigenvalue weighted by Crippen LogP contribution is 2.28. The SMILES string of the molecule is C=CCc1ccccc1OCC(O)Cn1nc(-c2cccs2)c2ccccc2c1=O. The second kappa shape index (κ2) is 9.07. The Bertz CT molecular complexity index is 1210. The summed E-state index contributed by atoms with van der Waals surface area (Å²) in [5.41, 5.74) is 1.52. The molecule has 5 nitrogen and oxygen atoms in total. The second-order valence-electron chi connectivity index (χ2n) is 6.92. The Labute approximate surface area is 178 Å². The quantitative estimate of drug-likeness (QED) is 0.434. The van der Waals surface area contributed by atoms with Crippen LogP contribution in [0.15, 0.2) is 83.5 Å². The number of fused-ring (bicyclic) bond motifs is 1. The first kappa shape index (κ1) is 20.1. The van der Waals surface area contributed by atoms with Gasteiger partial charge in [-0.3, -0.25) is 4.79 Å². The summed E-state index contributed by atoms with van der Waals surface area (Å²) in [5, 5.41) is 18.5. The first-order valence-electron chi connectivity index (χ1n) is 9.70. The molecule has 0 aliphatic heterocycles. The normalized spacial score (nSPS) is 12.0. The number of allylic oxidation sites excluding steroid dienone is 1. The van der Waals surface area contributed by atoms with Crippen LogP contribution in [0.4, 0.5) is 0 Å². The molecule has 0 aliphatic carbocycles. The number of para-hydroxylation sites is 1. The van der Waals surface area contributed by atoms with Crippen LogP contribution >= 0.6 is 11.3 Å². The molecule has 0 bridgehead atoms. The number of aliphatic hydroxyl groups excluding tert-OH is 1. The summed E-state index contributed by atoms with van der Waals surface area (Å²) in [6.07, 6.45) is 1.61. The third-order valence-corrected chi connectivity index (χ3v) is 5.65. The van der Waals surface area contributed by atoms with Gasteiger partial charge in [0.1, 0.15) is 24.2 Å². The smallest absolute Gasteiger partial charge is 0.274 e. The van der Waals surface area contributed by atoms with Gasteiger partial charge in [0.2, 0.25) is 0 Å². The van der Waals surface area contributed by atoms with Crippen LogP contribution in [0.3, 0.4) is 0 Å². The summed E-state index contributed by atoms with van der Waals surface area (Å²) in [6.45, 7) is 3.87. The van der Waals surface area contributed by atoms with Gasteiger partial charge in [0.15, 0.2) is 0 Å². The van der Waals surface area contributed by atoms with Crippen LogP contribution in [-0.2, 0) is 13.0 Å². The first-order valence-corrected chi connectivity index (χ1v) is 10.6. The highest BCUT2D eigenvalue weighted by atomic mass is 32.1. The minimum absolute atomic E-state index is 0.0473. The monoisotopic (exact) mass is 418 g/mol. The molecule has 4 aromatic rings. The molecule has 2 aromatic heterocycles. The summed E-state index contributed by atoms with van der Waals surface area (Å²) < 4.78 is 7.15. The van der Waals surface area contributed by atoms with E-state index in [1.165, 1.54) is 4.68 Å². The Balaban J connectivity index is 1.59. The van der Waals surface area contributed by atoms with Gasteiger partial charge in [-0.2, -0.15) is 5.10 Å². The molecule has 152 valence electrons. The van der Waals surface area contributed by atoms with E-state index < -0.39 is 6.10 Å². The van der Waals surface area contributed by atoms with E-state index >= 15 is 0 Å². The molecule has 2 heterocycles. The van der Waals surface area contributed by atoms with E-state index in [1.54, 1.807) is 17.4 Å². The number of rotatable bonds is 8. The third-order valence-electron chi connectivity index (χ3n) is 4.77. The van der Waals surface area contributed by atoms with Gasteiger partial charge in [0, 0.05) is 5.39 Å². The summed E-state index contributed by atoms with van der Waals surface area (Å²) in [4.78, 5) is 13.9. The maximum Gasteiger partial charge on any atom is 0.274 e. The second-order valence-corrected chi connectivity index (χ2v) is 7.87. The molecule has 6 heteroatoms. The third kappa shape index (κ3) is 4.20. The number of thiophene rings is 1. The van der Waals surface area contributed by atoms with Gasteiger partial charge in [-0.05, 0) is 35.6 Å².